The zero-order chi connectivity index (χ0) is 15.8. The molecule has 0 aliphatic carbocycles. The lowest BCUT2D eigenvalue weighted by Gasteiger charge is -2.25. The van der Waals surface area contributed by atoms with Crippen molar-refractivity contribution in [1.29, 1.82) is 0 Å². The average Bonchev–Trinajstić information content (AvgIpc) is 3.20. The summed E-state index contributed by atoms with van der Waals surface area (Å²) in [7, 11) is 4.33. The van der Waals surface area contributed by atoms with Crippen LogP contribution in [0.4, 0.5) is 0 Å². The zero-order valence-corrected chi connectivity index (χ0v) is 13.7. The van der Waals surface area contributed by atoms with E-state index in [0.29, 0.717) is 6.04 Å². The summed E-state index contributed by atoms with van der Waals surface area (Å²) in [5, 5.41) is 2.43. The van der Waals surface area contributed by atoms with Gasteiger partial charge in [0.05, 0.1) is 17.6 Å². The van der Waals surface area contributed by atoms with E-state index in [-0.39, 0.29) is 0 Å². The maximum atomic E-state index is 4.91. The summed E-state index contributed by atoms with van der Waals surface area (Å²) < 4.78 is 2.31. The Kier molecular flexibility index (Phi) is 3.54. The van der Waals surface area contributed by atoms with E-state index in [4.69, 9.17) is 4.98 Å². The molecule has 2 aromatic carbocycles. The summed E-state index contributed by atoms with van der Waals surface area (Å²) in [6, 6.07) is 19.5. The molecule has 0 bridgehead atoms. The topological polar surface area (TPSA) is 24.3 Å². The number of hydrogen-bond donors (Lipinski definition) is 0. The second-order valence-corrected chi connectivity index (χ2v) is 6.42. The van der Waals surface area contributed by atoms with Crippen molar-refractivity contribution in [1.82, 2.24) is 14.6 Å². The Bertz CT molecular complexity index is 807. The average molecular weight is 306 g/mol. The van der Waals surface area contributed by atoms with E-state index in [2.05, 4.69) is 83.3 Å². The molecule has 23 heavy (non-hydrogen) atoms. The first-order chi connectivity index (χ1) is 11.2. The highest BCUT2D eigenvalue weighted by Gasteiger charge is 2.27. The van der Waals surface area contributed by atoms with Crippen molar-refractivity contribution in [3.8, 4) is 11.4 Å². The first-order valence-electron chi connectivity index (χ1n) is 8.18. The van der Waals surface area contributed by atoms with Crippen molar-refractivity contribution in [2.75, 3.05) is 32.2 Å². The van der Waals surface area contributed by atoms with E-state index in [1.807, 2.05) is 0 Å². The van der Waals surface area contributed by atoms with Gasteiger partial charge in [0.25, 0.3) is 0 Å². The lowest BCUT2D eigenvalue weighted by Crippen LogP contribution is -2.37. The van der Waals surface area contributed by atoms with E-state index in [1.54, 1.807) is 0 Å². The number of nitrogens with zero attached hydrogens (tertiary/aromatic N) is 4. The summed E-state index contributed by atoms with van der Waals surface area (Å²) in [5.74, 6) is 1.03. The van der Waals surface area contributed by atoms with Crippen LogP contribution in [0.25, 0.3) is 22.4 Å². The van der Waals surface area contributed by atoms with Gasteiger partial charge in [-0.25, -0.2) is 9.66 Å². The van der Waals surface area contributed by atoms with Crippen LogP contribution in [0.5, 0.6) is 0 Å². The normalized spacial score (nSPS) is 18.2. The largest absolute Gasteiger partial charge is 0.309 e. The van der Waals surface area contributed by atoms with Crippen LogP contribution in [0.15, 0.2) is 54.6 Å². The summed E-state index contributed by atoms with van der Waals surface area (Å²) >= 11 is 0. The van der Waals surface area contributed by atoms with Crippen LogP contribution in [0.3, 0.4) is 0 Å². The SMILES string of the molecule is CN(C)[C@H]1CCN(n2c(-c3ccccc3)nc3ccccc32)C1. The highest BCUT2D eigenvalue weighted by Crippen LogP contribution is 2.27. The van der Waals surface area contributed by atoms with Crippen molar-refractivity contribution < 1.29 is 0 Å². The molecule has 0 saturated carbocycles. The van der Waals surface area contributed by atoms with Gasteiger partial charge in [-0.05, 0) is 32.6 Å². The van der Waals surface area contributed by atoms with Crippen LogP contribution < -0.4 is 5.01 Å². The molecule has 1 aliphatic heterocycles. The highest BCUT2D eigenvalue weighted by molar-refractivity contribution is 5.81. The van der Waals surface area contributed by atoms with Gasteiger partial charge in [0.2, 0.25) is 0 Å². The zero-order valence-electron chi connectivity index (χ0n) is 13.7. The van der Waals surface area contributed by atoms with Gasteiger partial charge in [0.1, 0.15) is 0 Å². The number of aromatic nitrogens is 2. The third-order valence-electron chi connectivity index (χ3n) is 4.72. The molecule has 118 valence electrons. The molecule has 1 fully saturated rings. The van der Waals surface area contributed by atoms with Gasteiger partial charge in [-0.15, -0.1) is 0 Å². The Morgan fingerprint density at radius 2 is 1.74 bits per heavy atom. The molecule has 0 N–H and O–H groups in total. The molecule has 3 aromatic rings. The number of rotatable bonds is 3. The van der Waals surface area contributed by atoms with E-state index in [0.717, 1.165) is 30.0 Å². The molecule has 0 amide bonds. The maximum Gasteiger partial charge on any atom is 0.159 e. The second-order valence-electron chi connectivity index (χ2n) is 6.42. The minimum Gasteiger partial charge on any atom is -0.309 e. The quantitative estimate of drug-likeness (QED) is 0.743. The Balaban J connectivity index is 1.84. The number of hydrogen-bond acceptors (Lipinski definition) is 3. The molecular weight excluding hydrogens is 284 g/mol. The lowest BCUT2D eigenvalue weighted by molar-refractivity contribution is 0.313. The lowest BCUT2D eigenvalue weighted by atomic mass is 10.2. The summed E-state index contributed by atoms with van der Waals surface area (Å²) in [6.45, 7) is 2.09. The third-order valence-corrected chi connectivity index (χ3v) is 4.72. The first-order valence-corrected chi connectivity index (χ1v) is 8.18. The smallest absolute Gasteiger partial charge is 0.159 e. The van der Waals surface area contributed by atoms with Crippen molar-refractivity contribution in [3.63, 3.8) is 0 Å². The van der Waals surface area contributed by atoms with Crippen LogP contribution >= 0.6 is 0 Å². The molecule has 2 heterocycles. The molecule has 1 saturated heterocycles. The molecular formula is C19H22N4. The Morgan fingerprint density at radius 1 is 1.00 bits per heavy atom. The van der Waals surface area contributed by atoms with Gasteiger partial charge < -0.3 is 9.91 Å². The minimum absolute atomic E-state index is 0.597. The Hall–Kier alpha value is -2.33. The first kappa shape index (κ1) is 14.3. The fraction of sp³-hybridized carbons (Fsp3) is 0.316. The predicted molar refractivity (Wildman–Crippen MR) is 95.2 cm³/mol. The molecule has 4 nitrogen and oxygen atoms in total. The number of benzene rings is 2. The maximum absolute atomic E-state index is 4.91. The van der Waals surface area contributed by atoms with Gasteiger partial charge >= 0.3 is 0 Å². The van der Waals surface area contributed by atoms with Gasteiger partial charge in [0.15, 0.2) is 5.82 Å². The Morgan fingerprint density at radius 3 is 2.48 bits per heavy atom. The van der Waals surface area contributed by atoms with Gasteiger partial charge in [-0.3, -0.25) is 0 Å². The van der Waals surface area contributed by atoms with Crippen LogP contribution in [-0.2, 0) is 0 Å². The standard InChI is InChI=1S/C19H22N4/c1-21(2)16-12-13-22(14-16)23-18-11-7-6-10-17(18)20-19(23)15-8-4-3-5-9-15/h3-11,16H,12-14H2,1-2H3/t16-/m0/s1. The van der Waals surface area contributed by atoms with Crippen molar-refractivity contribution >= 4 is 11.0 Å². The van der Waals surface area contributed by atoms with E-state index >= 15 is 0 Å². The molecule has 1 aliphatic rings. The van der Waals surface area contributed by atoms with Gasteiger partial charge in [0, 0.05) is 18.2 Å². The molecule has 1 atom stereocenters. The van der Waals surface area contributed by atoms with E-state index in [1.165, 1.54) is 11.9 Å². The van der Waals surface area contributed by atoms with Gasteiger partial charge in [-0.1, -0.05) is 42.5 Å². The van der Waals surface area contributed by atoms with E-state index < -0.39 is 0 Å². The summed E-state index contributed by atoms with van der Waals surface area (Å²) in [4.78, 5) is 7.23. The molecule has 0 radical (unpaired) electrons. The van der Waals surface area contributed by atoms with Crippen LogP contribution in [0.2, 0.25) is 0 Å². The van der Waals surface area contributed by atoms with Crippen LogP contribution in [-0.4, -0.2) is 47.8 Å². The second kappa shape index (κ2) is 5.70. The Labute approximate surface area is 136 Å². The molecule has 0 spiro atoms. The predicted octanol–water partition coefficient (Wildman–Crippen LogP) is 2.98. The third kappa shape index (κ3) is 2.49. The van der Waals surface area contributed by atoms with E-state index in [9.17, 15) is 0 Å². The highest BCUT2D eigenvalue weighted by atomic mass is 15.6. The van der Waals surface area contributed by atoms with Crippen molar-refractivity contribution in [2.24, 2.45) is 0 Å². The number of fused-ring (bicyclic) bond motifs is 1. The summed E-state index contributed by atoms with van der Waals surface area (Å²) in [5.41, 5.74) is 3.41. The minimum atomic E-state index is 0.597. The number of para-hydroxylation sites is 2. The molecule has 4 heteroatoms. The number of likely N-dealkylation sites (N-methyl/N-ethyl adjacent to an activating group) is 1. The summed E-state index contributed by atoms with van der Waals surface area (Å²) in [6.07, 6.45) is 1.19. The number of imidazole rings is 1. The molecule has 4 rings (SSSR count). The monoisotopic (exact) mass is 306 g/mol. The van der Waals surface area contributed by atoms with Crippen LogP contribution in [0.1, 0.15) is 6.42 Å². The van der Waals surface area contributed by atoms with Crippen molar-refractivity contribution in [3.05, 3.63) is 54.6 Å². The fourth-order valence-corrected chi connectivity index (χ4v) is 3.40. The molecule has 1 aromatic heterocycles. The van der Waals surface area contributed by atoms with Crippen LogP contribution in [0, 0.1) is 0 Å². The fourth-order valence-electron chi connectivity index (χ4n) is 3.40. The van der Waals surface area contributed by atoms with Gasteiger partial charge in [-0.2, -0.15) is 0 Å². The van der Waals surface area contributed by atoms with Crippen molar-refractivity contribution in [2.45, 2.75) is 12.5 Å². The molecule has 0 unspecified atom stereocenters.